The maximum absolute atomic E-state index is 9.06. The van der Waals surface area contributed by atoms with Crippen LogP contribution in [0.3, 0.4) is 0 Å². The minimum Gasteiger partial charge on any atom is -0.395 e. The van der Waals surface area contributed by atoms with E-state index in [1.54, 1.807) is 0 Å². The van der Waals surface area contributed by atoms with Crippen LogP contribution in [-0.2, 0) is 0 Å². The Morgan fingerprint density at radius 2 is 0.840 bits per heavy atom. The van der Waals surface area contributed by atoms with Crippen LogP contribution in [0.15, 0.2) is 0 Å². The van der Waals surface area contributed by atoms with Gasteiger partial charge in [0.15, 0.2) is 0 Å². The van der Waals surface area contributed by atoms with E-state index in [1.807, 2.05) is 0 Å². The van der Waals surface area contributed by atoms with Gasteiger partial charge in [-0.15, -0.1) is 0 Å². The lowest BCUT2D eigenvalue weighted by molar-refractivity contribution is 0.193. The largest absolute Gasteiger partial charge is 0.395 e. The van der Waals surface area contributed by atoms with Crippen LogP contribution < -0.4 is 0 Å². The number of aliphatic hydroxyl groups is 1. The minimum absolute atomic E-state index is 0.304. The molecule has 0 unspecified atom stereocenters. The van der Waals surface area contributed by atoms with Gasteiger partial charge in [-0.25, -0.2) is 0 Å². The van der Waals surface area contributed by atoms with Gasteiger partial charge in [-0.2, -0.15) is 0 Å². The highest BCUT2D eigenvalue weighted by Gasteiger charge is 2.02. The Morgan fingerprint density at radius 1 is 0.440 bits per heavy atom. The second-order valence-corrected chi connectivity index (χ2v) is 7.87. The molecule has 152 valence electrons. The number of hydrogen-bond donors (Lipinski definition) is 1. The van der Waals surface area contributed by atoms with Crippen molar-refractivity contribution in [3.63, 3.8) is 0 Å². The highest BCUT2D eigenvalue weighted by atomic mass is 16.3. The molecule has 1 N–H and O–H groups in total. The van der Waals surface area contributed by atoms with Crippen molar-refractivity contribution in [2.45, 2.75) is 123 Å². The van der Waals surface area contributed by atoms with Crippen molar-refractivity contribution in [3.8, 4) is 0 Å². The van der Waals surface area contributed by atoms with Crippen molar-refractivity contribution >= 4 is 0 Å². The second-order valence-electron chi connectivity index (χ2n) is 7.87. The van der Waals surface area contributed by atoms with Crippen LogP contribution in [0.4, 0.5) is 0 Å². The molecule has 0 saturated carbocycles. The van der Waals surface area contributed by atoms with Gasteiger partial charge < -0.3 is 10.0 Å². The zero-order chi connectivity index (χ0) is 18.4. The van der Waals surface area contributed by atoms with Gasteiger partial charge >= 0.3 is 0 Å². The van der Waals surface area contributed by atoms with Crippen LogP contribution in [0.2, 0.25) is 0 Å². The molecule has 0 aliphatic carbocycles. The van der Waals surface area contributed by atoms with Crippen molar-refractivity contribution in [3.05, 3.63) is 0 Å². The van der Waals surface area contributed by atoms with E-state index in [0.29, 0.717) is 6.61 Å². The Morgan fingerprint density at radius 3 is 1.20 bits per heavy atom. The Balaban J connectivity index is 3.13. The fourth-order valence-corrected chi connectivity index (χ4v) is 3.68. The van der Waals surface area contributed by atoms with Gasteiger partial charge in [0, 0.05) is 6.54 Å². The summed E-state index contributed by atoms with van der Waals surface area (Å²) in [7, 11) is 0. The molecule has 0 rings (SSSR count). The Bertz CT molecular complexity index is 226. The summed E-state index contributed by atoms with van der Waals surface area (Å²) < 4.78 is 0. The molecule has 0 spiro atoms. The summed E-state index contributed by atoms with van der Waals surface area (Å²) >= 11 is 0. The predicted octanol–water partition coefficient (Wildman–Crippen LogP) is 6.95. The lowest BCUT2D eigenvalue weighted by atomic mass is 10.0. The van der Waals surface area contributed by atoms with E-state index in [4.69, 9.17) is 5.11 Å². The summed E-state index contributed by atoms with van der Waals surface area (Å²) in [5, 5.41) is 9.06. The summed E-state index contributed by atoms with van der Waals surface area (Å²) in [5.41, 5.74) is 0. The van der Waals surface area contributed by atoms with E-state index in [9.17, 15) is 0 Å². The van der Waals surface area contributed by atoms with Crippen molar-refractivity contribution in [1.29, 1.82) is 0 Å². The molecular formula is C23H49NO. The molecule has 0 amide bonds. The Kier molecular flexibility index (Phi) is 21.9. The molecule has 25 heavy (non-hydrogen) atoms. The van der Waals surface area contributed by atoms with Crippen molar-refractivity contribution in [1.82, 2.24) is 4.90 Å². The summed E-state index contributed by atoms with van der Waals surface area (Å²) in [5.74, 6) is 0. The highest BCUT2D eigenvalue weighted by Crippen LogP contribution is 2.13. The van der Waals surface area contributed by atoms with Crippen LogP contribution in [0.25, 0.3) is 0 Å². The van der Waals surface area contributed by atoms with E-state index in [0.717, 1.165) is 13.1 Å². The SMILES string of the molecule is CCCCCCCCCCCCCCCCCCN(CCC)CCO. The van der Waals surface area contributed by atoms with E-state index in [2.05, 4.69) is 18.7 Å². The first kappa shape index (κ1) is 24.9. The Hall–Kier alpha value is -0.0800. The number of rotatable bonds is 21. The first-order valence-electron chi connectivity index (χ1n) is 11.7. The Labute approximate surface area is 159 Å². The molecule has 0 heterocycles. The number of nitrogens with zero attached hydrogens (tertiary/aromatic N) is 1. The van der Waals surface area contributed by atoms with Crippen molar-refractivity contribution in [2.75, 3.05) is 26.2 Å². The number of unbranched alkanes of at least 4 members (excludes halogenated alkanes) is 15. The van der Waals surface area contributed by atoms with E-state index >= 15 is 0 Å². The average molecular weight is 356 g/mol. The van der Waals surface area contributed by atoms with Gasteiger partial charge in [-0.1, -0.05) is 110 Å². The van der Waals surface area contributed by atoms with Gasteiger partial charge in [-0.3, -0.25) is 0 Å². The molecular weight excluding hydrogens is 306 g/mol. The average Bonchev–Trinajstić information content (AvgIpc) is 2.61. The number of aliphatic hydroxyl groups excluding tert-OH is 1. The number of hydrogen-bond acceptors (Lipinski definition) is 2. The van der Waals surface area contributed by atoms with Crippen LogP contribution in [0.1, 0.15) is 123 Å². The molecule has 0 aromatic heterocycles. The minimum atomic E-state index is 0.304. The molecule has 0 aromatic carbocycles. The third-order valence-corrected chi connectivity index (χ3v) is 5.28. The summed E-state index contributed by atoms with van der Waals surface area (Å²) in [6, 6.07) is 0. The molecule has 0 radical (unpaired) electrons. The maximum Gasteiger partial charge on any atom is 0.0558 e. The normalized spacial score (nSPS) is 11.5. The van der Waals surface area contributed by atoms with E-state index in [1.165, 1.54) is 116 Å². The first-order chi connectivity index (χ1) is 12.3. The summed E-state index contributed by atoms with van der Waals surface area (Å²) in [6.07, 6.45) is 24.1. The van der Waals surface area contributed by atoms with Gasteiger partial charge in [0.1, 0.15) is 0 Å². The lowest BCUT2D eigenvalue weighted by Crippen LogP contribution is -2.28. The van der Waals surface area contributed by atoms with E-state index < -0.39 is 0 Å². The van der Waals surface area contributed by atoms with E-state index in [-0.39, 0.29) is 0 Å². The second kappa shape index (κ2) is 22.0. The maximum atomic E-state index is 9.06. The molecule has 0 aromatic rings. The third kappa shape index (κ3) is 20.1. The summed E-state index contributed by atoms with van der Waals surface area (Å²) in [4.78, 5) is 2.41. The van der Waals surface area contributed by atoms with Gasteiger partial charge in [0.25, 0.3) is 0 Å². The fourth-order valence-electron chi connectivity index (χ4n) is 3.68. The van der Waals surface area contributed by atoms with Crippen molar-refractivity contribution < 1.29 is 5.11 Å². The first-order valence-corrected chi connectivity index (χ1v) is 11.7. The molecule has 0 bridgehead atoms. The third-order valence-electron chi connectivity index (χ3n) is 5.28. The zero-order valence-electron chi connectivity index (χ0n) is 17.7. The standard InChI is InChI=1S/C23H49NO/c1-3-5-6-7-8-9-10-11-12-13-14-15-16-17-18-19-21-24(20-4-2)22-23-25/h25H,3-23H2,1-2H3. The predicted molar refractivity (Wildman–Crippen MR) is 113 cm³/mol. The monoisotopic (exact) mass is 355 g/mol. The van der Waals surface area contributed by atoms with Crippen molar-refractivity contribution in [2.24, 2.45) is 0 Å². The summed E-state index contributed by atoms with van der Waals surface area (Å²) in [6.45, 7) is 7.98. The molecule has 2 heteroatoms. The van der Waals surface area contributed by atoms with Gasteiger partial charge in [0.05, 0.1) is 6.61 Å². The highest BCUT2D eigenvalue weighted by molar-refractivity contribution is 4.57. The molecule has 0 fully saturated rings. The molecule has 0 saturated heterocycles. The van der Waals surface area contributed by atoms with Gasteiger partial charge in [0.2, 0.25) is 0 Å². The smallest absolute Gasteiger partial charge is 0.0558 e. The molecule has 2 nitrogen and oxygen atoms in total. The zero-order valence-corrected chi connectivity index (χ0v) is 17.7. The van der Waals surface area contributed by atoms with Gasteiger partial charge in [-0.05, 0) is 25.9 Å². The fraction of sp³-hybridized carbons (Fsp3) is 1.00. The van der Waals surface area contributed by atoms with Crippen LogP contribution in [0, 0.1) is 0 Å². The molecule has 0 aliphatic heterocycles. The molecule has 0 aliphatic rings. The van der Waals surface area contributed by atoms with Crippen LogP contribution >= 0.6 is 0 Å². The molecule has 0 atom stereocenters. The topological polar surface area (TPSA) is 23.5 Å². The lowest BCUT2D eigenvalue weighted by Gasteiger charge is -2.20. The van der Waals surface area contributed by atoms with Crippen LogP contribution in [-0.4, -0.2) is 36.2 Å². The quantitative estimate of drug-likeness (QED) is 0.225. The van der Waals surface area contributed by atoms with Crippen LogP contribution in [0.5, 0.6) is 0 Å².